The Morgan fingerprint density at radius 3 is 2.48 bits per heavy atom. The Hall–Kier alpha value is -3.24. The van der Waals surface area contributed by atoms with Gasteiger partial charge in [-0.25, -0.2) is 4.98 Å². The highest BCUT2D eigenvalue weighted by atomic mass is 35.5. The van der Waals surface area contributed by atoms with Crippen LogP contribution in [0, 0.1) is 0 Å². The summed E-state index contributed by atoms with van der Waals surface area (Å²) in [6.45, 7) is 0. The number of allylic oxidation sites excluding steroid dienone is 2. The van der Waals surface area contributed by atoms with Crippen LogP contribution in [0.2, 0.25) is 5.28 Å². The van der Waals surface area contributed by atoms with Crippen LogP contribution in [-0.4, -0.2) is 15.0 Å². The average molecular weight is 372 g/mol. The van der Waals surface area contributed by atoms with Crippen LogP contribution in [0.25, 0.3) is 40.1 Å². The van der Waals surface area contributed by atoms with Crippen LogP contribution in [0.3, 0.4) is 0 Å². The van der Waals surface area contributed by atoms with Gasteiger partial charge in [0.05, 0.1) is 0 Å². The molecule has 5 heteroatoms. The molecule has 4 nitrogen and oxygen atoms in total. The number of aromatic nitrogens is 3. The number of rotatable bonds is 2. The number of para-hydroxylation sites is 1. The van der Waals surface area contributed by atoms with Gasteiger partial charge in [-0.15, -0.1) is 0 Å². The monoisotopic (exact) mass is 371 g/mol. The largest absolute Gasteiger partial charge is 0.456 e. The summed E-state index contributed by atoms with van der Waals surface area (Å²) < 4.78 is 6.04. The topological polar surface area (TPSA) is 51.8 Å². The molecule has 0 unspecified atom stereocenters. The quantitative estimate of drug-likeness (QED) is 0.534. The second kappa shape index (κ2) is 6.49. The number of furan rings is 1. The van der Waals surface area contributed by atoms with Crippen LogP contribution >= 0.6 is 11.6 Å². The van der Waals surface area contributed by atoms with E-state index in [0.717, 1.165) is 39.2 Å². The van der Waals surface area contributed by atoms with Crippen LogP contribution in [0.1, 0.15) is 12.2 Å². The first-order valence-electron chi connectivity index (χ1n) is 8.65. The van der Waals surface area contributed by atoms with E-state index in [2.05, 4.69) is 33.2 Å². The highest BCUT2D eigenvalue weighted by molar-refractivity contribution is 6.28. The lowest BCUT2D eigenvalue weighted by molar-refractivity contribution is 0.576. The van der Waals surface area contributed by atoms with E-state index in [1.807, 2.05) is 54.6 Å². The Labute approximate surface area is 160 Å². The highest BCUT2D eigenvalue weighted by Crippen LogP contribution is 2.21. The fourth-order valence-corrected chi connectivity index (χ4v) is 3.42. The SMILES string of the molecule is Clc1nc(C2=CCC=c3c(oc4ccccc34)=C2)nc(-c2ccccc2)n1. The van der Waals surface area contributed by atoms with E-state index < -0.39 is 0 Å². The van der Waals surface area contributed by atoms with Gasteiger partial charge in [-0.05, 0) is 30.2 Å². The molecule has 0 radical (unpaired) electrons. The van der Waals surface area contributed by atoms with Gasteiger partial charge in [-0.1, -0.05) is 60.7 Å². The summed E-state index contributed by atoms with van der Waals surface area (Å²) in [4.78, 5) is 13.2. The van der Waals surface area contributed by atoms with Crippen LogP contribution in [0.15, 0.2) is 65.1 Å². The first-order valence-corrected chi connectivity index (χ1v) is 9.03. The second-order valence-electron chi connectivity index (χ2n) is 6.24. The molecule has 130 valence electrons. The summed E-state index contributed by atoms with van der Waals surface area (Å²) in [5.74, 6) is 1.09. The van der Waals surface area contributed by atoms with Crippen molar-refractivity contribution in [3.05, 3.63) is 82.4 Å². The van der Waals surface area contributed by atoms with Gasteiger partial charge >= 0.3 is 0 Å². The van der Waals surface area contributed by atoms with Crippen molar-refractivity contribution in [1.29, 1.82) is 0 Å². The fraction of sp³-hybridized carbons (Fsp3) is 0.0455. The Balaban J connectivity index is 1.67. The van der Waals surface area contributed by atoms with E-state index in [1.54, 1.807) is 0 Å². The van der Waals surface area contributed by atoms with Gasteiger partial charge in [0.15, 0.2) is 11.6 Å². The van der Waals surface area contributed by atoms with Crippen LogP contribution in [-0.2, 0) is 0 Å². The average Bonchev–Trinajstić information content (AvgIpc) is 2.91. The standard InChI is InChI=1S/C22H14ClN3O/c23-22-25-20(14-7-2-1-3-8-14)24-21(26-22)15-9-6-11-17-16-10-4-5-12-18(16)27-19(17)13-15/h1-5,7-13H,6H2. The zero-order chi connectivity index (χ0) is 18.2. The molecule has 0 spiro atoms. The van der Waals surface area contributed by atoms with Crippen molar-refractivity contribution in [2.24, 2.45) is 0 Å². The molecule has 4 aromatic rings. The lowest BCUT2D eigenvalue weighted by Gasteiger charge is -2.05. The minimum absolute atomic E-state index is 0.172. The van der Waals surface area contributed by atoms with E-state index in [-0.39, 0.29) is 5.28 Å². The molecule has 0 saturated heterocycles. The summed E-state index contributed by atoms with van der Waals surface area (Å²) >= 11 is 6.19. The van der Waals surface area contributed by atoms with Gasteiger partial charge in [-0.2, -0.15) is 9.97 Å². The van der Waals surface area contributed by atoms with Gasteiger partial charge < -0.3 is 4.42 Å². The minimum atomic E-state index is 0.172. The van der Waals surface area contributed by atoms with Gasteiger partial charge in [-0.3, -0.25) is 0 Å². The predicted octanol–water partition coefficient (Wildman–Crippen LogP) is 3.99. The molecule has 2 aromatic heterocycles. The fourth-order valence-electron chi connectivity index (χ4n) is 3.26. The molecule has 0 N–H and O–H groups in total. The molecular weight excluding hydrogens is 358 g/mol. The number of nitrogens with zero attached hydrogens (tertiary/aromatic N) is 3. The molecule has 1 aliphatic carbocycles. The van der Waals surface area contributed by atoms with Crippen molar-refractivity contribution in [3.63, 3.8) is 0 Å². The van der Waals surface area contributed by atoms with Gasteiger partial charge in [0.1, 0.15) is 11.0 Å². The van der Waals surface area contributed by atoms with E-state index in [4.69, 9.17) is 16.0 Å². The third-order valence-electron chi connectivity index (χ3n) is 4.51. The summed E-state index contributed by atoms with van der Waals surface area (Å²) in [7, 11) is 0. The molecular formula is C22H14ClN3O. The van der Waals surface area contributed by atoms with Gasteiger partial charge in [0.2, 0.25) is 5.28 Å². The Kier molecular flexibility index (Phi) is 3.84. The molecule has 0 amide bonds. The zero-order valence-electron chi connectivity index (χ0n) is 14.3. The lowest BCUT2D eigenvalue weighted by Crippen LogP contribution is -2.19. The second-order valence-corrected chi connectivity index (χ2v) is 6.58. The van der Waals surface area contributed by atoms with Crippen molar-refractivity contribution in [3.8, 4) is 11.4 Å². The molecule has 2 heterocycles. The van der Waals surface area contributed by atoms with Crippen LogP contribution in [0.5, 0.6) is 0 Å². The number of hydrogen-bond acceptors (Lipinski definition) is 4. The van der Waals surface area contributed by atoms with Crippen molar-refractivity contribution in [2.45, 2.75) is 6.42 Å². The summed E-state index contributed by atoms with van der Waals surface area (Å²) in [6.07, 6.45) is 6.96. The van der Waals surface area contributed by atoms with Crippen molar-refractivity contribution < 1.29 is 4.42 Å². The molecule has 0 fully saturated rings. The van der Waals surface area contributed by atoms with E-state index in [1.165, 1.54) is 0 Å². The first-order chi connectivity index (χ1) is 13.3. The zero-order valence-corrected chi connectivity index (χ0v) is 15.0. The van der Waals surface area contributed by atoms with E-state index in [0.29, 0.717) is 11.6 Å². The Morgan fingerprint density at radius 1 is 0.815 bits per heavy atom. The summed E-state index contributed by atoms with van der Waals surface area (Å²) in [5.41, 5.74) is 3.44. The normalized spacial score (nSPS) is 13.3. The minimum Gasteiger partial charge on any atom is -0.456 e. The number of benzene rings is 2. The number of hydrogen-bond donors (Lipinski definition) is 0. The number of halogens is 1. The molecule has 0 bridgehead atoms. The Morgan fingerprint density at radius 2 is 1.59 bits per heavy atom. The first kappa shape index (κ1) is 16.0. The lowest BCUT2D eigenvalue weighted by atomic mass is 10.2. The summed E-state index contributed by atoms with van der Waals surface area (Å²) in [5, 5.41) is 2.38. The molecule has 2 aromatic carbocycles. The highest BCUT2D eigenvalue weighted by Gasteiger charge is 2.12. The molecule has 0 saturated carbocycles. The van der Waals surface area contributed by atoms with Crippen molar-refractivity contribution in [2.75, 3.05) is 0 Å². The molecule has 27 heavy (non-hydrogen) atoms. The van der Waals surface area contributed by atoms with Gasteiger partial charge in [0.25, 0.3) is 0 Å². The third-order valence-corrected chi connectivity index (χ3v) is 4.68. The Bertz CT molecular complexity index is 1310. The maximum absolute atomic E-state index is 6.19. The van der Waals surface area contributed by atoms with E-state index >= 15 is 0 Å². The molecule has 1 aliphatic rings. The van der Waals surface area contributed by atoms with Gasteiger partial charge in [0, 0.05) is 21.7 Å². The third kappa shape index (κ3) is 2.94. The molecule has 0 atom stereocenters. The number of fused-ring (bicyclic) bond motifs is 3. The smallest absolute Gasteiger partial charge is 0.226 e. The van der Waals surface area contributed by atoms with Crippen LogP contribution in [0.4, 0.5) is 0 Å². The van der Waals surface area contributed by atoms with Crippen molar-refractivity contribution in [1.82, 2.24) is 15.0 Å². The maximum Gasteiger partial charge on any atom is 0.226 e. The maximum atomic E-state index is 6.19. The van der Waals surface area contributed by atoms with Crippen LogP contribution < -0.4 is 10.6 Å². The summed E-state index contributed by atoms with van der Waals surface area (Å²) in [6, 6.07) is 17.8. The predicted molar refractivity (Wildman–Crippen MR) is 107 cm³/mol. The molecule has 5 rings (SSSR count). The van der Waals surface area contributed by atoms with Crippen molar-refractivity contribution >= 4 is 40.3 Å². The van der Waals surface area contributed by atoms with E-state index in [9.17, 15) is 0 Å². The molecule has 0 aliphatic heterocycles.